The highest BCUT2D eigenvalue weighted by Crippen LogP contribution is 2.25. The first-order chi connectivity index (χ1) is 8.47. The summed E-state index contributed by atoms with van der Waals surface area (Å²) in [7, 11) is 0. The molecule has 0 radical (unpaired) electrons. The molecule has 18 heavy (non-hydrogen) atoms. The van der Waals surface area contributed by atoms with E-state index < -0.39 is 6.10 Å². The van der Waals surface area contributed by atoms with Crippen LogP contribution in [-0.4, -0.2) is 10.1 Å². The lowest BCUT2D eigenvalue weighted by Gasteiger charge is -2.14. The maximum atomic E-state index is 13.3. The summed E-state index contributed by atoms with van der Waals surface area (Å²) in [6.45, 7) is 5.67. The third kappa shape index (κ3) is 2.57. The largest absolute Gasteiger partial charge is 0.382 e. The molecule has 2 rings (SSSR count). The molecule has 0 aliphatic heterocycles. The third-order valence-electron chi connectivity index (χ3n) is 2.93. The molecule has 0 saturated carbocycles. The minimum absolute atomic E-state index is 0.348. The van der Waals surface area contributed by atoms with E-state index in [4.69, 9.17) is 0 Å². The summed E-state index contributed by atoms with van der Waals surface area (Å²) in [6.07, 6.45) is -0.890. The van der Waals surface area contributed by atoms with Gasteiger partial charge in [0.05, 0.1) is 5.69 Å². The summed E-state index contributed by atoms with van der Waals surface area (Å²) in [4.78, 5) is 4.31. The molecule has 1 heterocycles. The van der Waals surface area contributed by atoms with Crippen LogP contribution in [0.5, 0.6) is 0 Å². The van der Waals surface area contributed by atoms with Gasteiger partial charge in [-0.15, -0.1) is 0 Å². The van der Waals surface area contributed by atoms with Crippen molar-refractivity contribution in [2.45, 2.75) is 26.9 Å². The van der Waals surface area contributed by atoms with Crippen LogP contribution in [0, 0.1) is 26.6 Å². The number of aryl methyl sites for hydroxylation is 3. The fraction of sp³-hybridized carbons (Fsp3) is 0.267. The quantitative estimate of drug-likeness (QED) is 0.881. The Morgan fingerprint density at radius 2 is 1.83 bits per heavy atom. The lowest BCUT2D eigenvalue weighted by molar-refractivity contribution is 0.214. The zero-order valence-corrected chi connectivity index (χ0v) is 10.7. The van der Waals surface area contributed by atoms with Gasteiger partial charge in [0.2, 0.25) is 0 Å². The number of aromatic nitrogens is 1. The summed E-state index contributed by atoms with van der Waals surface area (Å²) in [5.41, 5.74) is 3.85. The molecule has 0 saturated heterocycles. The maximum Gasteiger partial charge on any atom is 0.123 e. The molecule has 0 bridgehead atoms. The number of rotatable bonds is 2. The maximum absolute atomic E-state index is 13.3. The van der Waals surface area contributed by atoms with Crippen molar-refractivity contribution in [2.75, 3.05) is 0 Å². The highest BCUT2D eigenvalue weighted by Gasteiger charge is 2.15. The molecule has 0 fully saturated rings. The van der Waals surface area contributed by atoms with E-state index in [-0.39, 0.29) is 5.82 Å². The Bertz CT molecular complexity index is 560. The first-order valence-electron chi connectivity index (χ1n) is 5.86. The molecule has 0 amide bonds. The van der Waals surface area contributed by atoms with Crippen molar-refractivity contribution in [3.63, 3.8) is 0 Å². The van der Waals surface area contributed by atoms with Gasteiger partial charge in [0.1, 0.15) is 11.9 Å². The number of benzene rings is 1. The van der Waals surface area contributed by atoms with E-state index in [0.29, 0.717) is 11.3 Å². The zero-order valence-electron chi connectivity index (χ0n) is 10.7. The summed E-state index contributed by atoms with van der Waals surface area (Å²) in [6, 6.07) is 8.17. The fourth-order valence-electron chi connectivity index (χ4n) is 2.08. The predicted molar refractivity (Wildman–Crippen MR) is 68.9 cm³/mol. The van der Waals surface area contributed by atoms with Crippen LogP contribution < -0.4 is 0 Å². The summed E-state index contributed by atoms with van der Waals surface area (Å²) in [5.74, 6) is -0.348. The van der Waals surface area contributed by atoms with Crippen molar-refractivity contribution >= 4 is 0 Å². The number of hydrogen-bond donors (Lipinski definition) is 1. The molecule has 94 valence electrons. The number of hydrogen-bond acceptors (Lipinski definition) is 2. The second-order valence-corrected chi connectivity index (χ2v) is 4.61. The molecular formula is C15H16FNO. The second kappa shape index (κ2) is 4.86. The standard InChI is InChI=1S/C15H16FNO/c1-9-6-11(3)17-14(7-9)15(18)13-8-12(16)5-4-10(13)2/h4-8,15,18H,1-3H3. The van der Waals surface area contributed by atoms with Crippen LogP contribution in [0.25, 0.3) is 0 Å². The third-order valence-corrected chi connectivity index (χ3v) is 2.93. The lowest BCUT2D eigenvalue weighted by atomic mass is 9.99. The van der Waals surface area contributed by atoms with Crippen LogP contribution in [0.1, 0.15) is 34.2 Å². The second-order valence-electron chi connectivity index (χ2n) is 4.61. The monoisotopic (exact) mass is 245 g/mol. The van der Waals surface area contributed by atoms with Gasteiger partial charge in [-0.3, -0.25) is 4.98 Å². The Morgan fingerprint density at radius 3 is 2.50 bits per heavy atom. The molecule has 1 atom stereocenters. The van der Waals surface area contributed by atoms with E-state index in [2.05, 4.69) is 4.98 Å². The van der Waals surface area contributed by atoms with Crippen molar-refractivity contribution < 1.29 is 9.50 Å². The average molecular weight is 245 g/mol. The van der Waals surface area contributed by atoms with Gasteiger partial charge in [0.15, 0.2) is 0 Å². The highest BCUT2D eigenvalue weighted by atomic mass is 19.1. The van der Waals surface area contributed by atoms with E-state index in [9.17, 15) is 9.50 Å². The Morgan fingerprint density at radius 1 is 1.11 bits per heavy atom. The van der Waals surface area contributed by atoms with E-state index in [1.54, 1.807) is 6.07 Å². The molecule has 2 nitrogen and oxygen atoms in total. The predicted octanol–water partition coefficient (Wildman–Crippen LogP) is 3.23. The molecule has 1 aromatic heterocycles. The molecule has 0 spiro atoms. The SMILES string of the molecule is Cc1cc(C)nc(C(O)c2cc(F)ccc2C)c1. The van der Waals surface area contributed by atoms with Gasteiger partial charge in [0, 0.05) is 5.69 Å². The first kappa shape index (κ1) is 12.7. The molecule has 0 aliphatic carbocycles. The van der Waals surface area contributed by atoms with Gasteiger partial charge in [-0.1, -0.05) is 6.07 Å². The van der Waals surface area contributed by atoms with Crippen LogP contribution in [0.3, 0.4) is 0 Å². The van der Waals surface area contributed by atoms with Crippen molar-refractivity contribution in [1.82, 2.24) is 4.98 Å². The van der Waals surface area contributed by atoms with Crippen LogP contribution in [0.15, 0.2) is 30.3 Å². The highest BCUT2D eigenvalue weighted by molar-refractivity contribution is 5.34. The number of aliphatic hydroxyl groups excluding tert-OH is 1. The normalized spacial score (nSPS) is 12.5. The fourth-order valence-corrected chi connectivity index (χ4v) is 2.08. The van der Waals surface area contributed by atoms with Gasteiger partial charge < -0.3 is 5.11 Å². The van der Waals surface area contributed by atoms with Crippen molar-refractivity contribution in [1.29, 1.82) is 0 Å². The summed E-state index contributed by atoms with van der Waals surface area (Å²) in [5, 5.41) is 10.3. The van der Waals surface area contributed by atoms with E-state index in [1.807, 2.05) is 32.9 Å². The van der Waals surface area contributed by atoms with Crippen LogP contribution in [0.2, 0.25) is 0 Å². The van der Waals surface area contributed by atoms with Crippen LogP contribution in [0.4, 0.5) is 4.39 Å². The van der Waals surface area contributed by atoms with Gasteiger partial charge in [-0.2, -0.15) is 0 Å². The summed E-state index contributed by atoms with van der Waals surface area (Å²) < 4.78 is 13.3. The number of nitrogens with zero attached hydrogens (tertiary/aromatic N) is 1. The Balaban J connectivity index is 2.47. The van der Waals surface area contributed by atoms with E-state index >= 15 is 0 Å². The Hall–Kier alpha value is -1.74. The number of pyridine rings is 1. The van der Waals surface area contributed by atoms with Crippen molar-refractivity contribution in [3.05, 3.63) is 64.2 Å². The molecule has 1 aromatic carbocycles. The van der Waals surface area contributed by atoms with Crippen molar-refractivity contribution in [3.8, 4) is 0 Å². The van der Waals surface area contributed by atoms with Gasteiger partial charge in [-0.05, 0) is 61.7 Å². The topological polar surface area (TPSA) is 33.1 Å². The average Bonchev–Trinajstić information content (AvgIpc) is 2.30. The smallest absolute Gasteiger partial charge is 0.123 e. The van der Waals surface area contributed by atoms with Crippen LogP contribution in [-0.2, 0) is 0 Å². The number of halogens is 1. The van der Waals surface area contributed by atoms with Gasteiger partial charge in [-0.25, -0.2) is 4.39 Å². The lowest BCUT2D eigenvalue weighted by Crippen LogP contribution is -2.06. The molecule has 1 unspecified atom stereocenters. The molecule has 0 aliphatic rings. The first-order valence-corrected chi connectivity index (χ1v) is 5.86. The van der Waals surface area contributed by atoms with E-state index in [0.717, 1.165) is 16.8 Å². The van der Waals surface area contributed by atoms with Gasteiger partial charge >= 0.3 is 0 Å². The molecule has 3 heteroatoms. The Kier molecular flexibility index (Phi) is 3.43. The van der Waals surface area contributed by atoms with Gasteiger partial charge in [0.25, 0.3) is 0 Å². The number of aliphatic hydroxyl groups is 1. The minimum Gasteiger partial charge on any atom is -0.382 e. The van der Waals surface area contributed by atoms with Crippen molar-refractivity contribution in [2.24, 2.45) is 0 Å². The van der Waals surface area contributed by atoms with E-state index in [1.165, 1.54) is 12.1 Å². The zero-order chi connectivity index (χ0) is 13.3. The molecule has 2 aromatic rings. The molecular weight excluding hydrogens is 229 g/mol. The summed E-state index contributed by atoms with van der Waals surface area (Å²) >= 11 is 0. The molecule has 1 N–H and O–H groups in total. The van der Waals surface area contributed by atoms with Crippen LogP contribution >= 0.6 is 0 Å². The Labute approximate surface area is 106 Å². The minimum atomic E-state index is -0.890.